The summed E-state index contributed by atoms with van der Waals surface area (Å²) in [7, 11) is 0. The third kappa shape index (κ3) is 18.7. The molecule has 0 spiro atoms. The van der Waals surface area contributed by atoms with Gasteiger partial charge < -0.3 is 65.1 Å². The molecule has 14 nitrogen and oxygen atoms in total. The van der Waals surface area contributed by atoms with Crippen LogP contribution in [0.4, 0.5) is 0 Å². The number of unbranched alkanes of at least 4 members (excludes halogenated alkanes) is 11. The molecule has 2 fully saturated rings. The van der Waals surface area contributed by atoms with E-state index in [1.165, 1.54) is 25.7 Å². The molecular weight excluding hydrogens is 726 g/mol. The summed E-state index contributed by atoms with van der Waals surface area (Å²) in [5.41, 5.74) is 0. The average Bonchev–Trinajstić information content (AvgIpc) is 3.19. The number of aliphatic hydroxyl groups is 8. The Morgan fingerprint density at radius 2 is 1.21 bits per heavy atom. The Bertz CT molecular complexity index is 1130. The highest BCUT2D eigenvalue weighted by molar-refractivity contribution is 5.76. The van der Waals surface area contributed by atoms with Gasteiger partial charge in [0.15, 0.2) is 12.6 Å². The van der Waals surface area contributed by atoms with Gasteiger partial charge >= 0.3 is 0 Å². The zero-order valence-corrected chi connectivity index (χ0v) is 33.6. The minimum Gasteiger partial charge on any atom is -0.394 e. The molecule has 0 radical (unpaired) electrons. The molecule has 9 N–H and O–H groups in total. The summed E-state index contributed by atoms with van der Waals surface area (Å²) < 4.78 is 22.5. The van der Waals surface area contributed by atoms with Gasteiger partial charge in [0.25, 0.3) is 0 Å². The topological polar surface area (TPSA) is 228 Å². The van der Waals surface area contributed by atoms with E-state index in [0.717, 1.165) is 57.8 Å². The van der Waals surface area contributed by atoms with E-state index in [1.54, 1.807) is 6.08 Å². The van der Waals surface area contributed by atoms with E-state index in [2.05, 4.69) is 42.6 Å². The Hall–Kier alpha value is -2.05. The molecular formula is C42H73NO13. The van der Waals surface area contributed by atoms with E-state index >= 15 is 0 Å². The number of carbonyl (C=O) groups is 1. The fourth-order valence-corrected chi connectivity index (χ4v) is 6.56. The molecule has 0 aromatic heterocycles. The van der Waals surface area contributed by atoms with Gasteiger partial charge in [-0.1, -0.05) is 94.1 Å². The number of aliphatic hydroxyl groups excluding tert-OH is 8. The Labute approximate surface area is 333 Å². The van der Waals surface area contributed by atoms with Gasteiger partial charge in [-0.25, -0.2) is 0 Å². The van der Waals surface area contributed by atoms with Crippen molar-refractivity contribution >= 4 is 5.91 Å². The predicted octanol–water partition coefficient (Wildman–Crippen LogP) is 2.98. The predicted molar refractivity (Wildman–Crippen MR) is 212 cm³/mol. The van der Waals surface area contributed by atoms with Crippen molar-refractivity contribution in [2.75, 3.05) is 19.8 Å². The fourth-order valence-electron chi connectivity index (χ4n) is 6.56. The molecule has 14 heteroatoms. The Morgan fingerprint density at radius 1 is 0.661 bits per heavy atom. The summed E-state index contributed by atoms with van der Waals surface area (Å²) >= 11 is 0. The highest BCUT2D eigenvalue weighted by Gasteiger charge is 2.50. The van der Waals surface area contributed by atoms with E-state index in [0.29, 0.717) is 12.8 Å². The standard InChI is InChI=1S/C42H73NO13/c1-3-5-7-9-11-13-14-15-16-18-20-22-24-26-34(47)43-30(31(46)25-23-21-19-17-12-10-8-6-4-2)29-53-41-39(52)37(50)40(33(28-45)55-41)56-42-38(51)36(49)35(48)32(27-44)54-42/h4,6,12-14,17,23,25,30-33,35-42,44-46,48-52H,3,5,7-11,15-16,18-22,24,26-29H2,1-2H3,(H,43,47)/b6-4+,14-13-,17-12+,25-23+. The van der Waals surface area contributed by atoms with Crippen LogP contribution in [0.5, 0.6) is 0 Å². The van der Waals surface area contributed by atoms with Gasteiger partial charge in [-0.15, -0.1) is 0 Å². The molecule has 0 aliphatic carbocycles. The minimum absolute atomic E-state index is 0.257. The van der Waals surface area contributed by atoms with Gasteiger partial charge in [0, 0.05) is 6.42 Å². The number of amides is 1. The molecule has 2 aliphatic heterocycles. The van der Waals surface area contributed by atoms with Crippen LogP contribution in [-0.4, -0.2) is 140 Å². The zero-order chi connectivity index (χ0) is 41.1. The summed E-state index contributed by atoms with van der Waals surface area (Å²) in [6.45, 7) is 2.45. The number of rotatable bonds is 29. The maximum atomic E-state index is 13.0. The van der Waals surface area contributed by atoms with Gasteiger partial charge in [0.2, 0.25) is 5.91 Å². The Morgan fingerprint density at radius 3 is 1.86 bits per heavy atom. The quantitative estimate of drug-likeness (QED) is 0.0392. The van der Waals surface area contributed by atoms with Gasteiger partial charge in [-0.2, -0.15) is 0 Å². The molecule has 12 unspecified atom stereocenters. The van der Waals surface area contributed by atoms with Crippen molar-refractivity contribution in [3.63, 3.8) is 0 Å². The largest absolute Gasteiger partial charge is 0.394 e. The van der Waals surface area contributed by atoms with Crippen LogP contribution in [0.3, 0.4) is 0 Å². The molecule has 0 aromatic rings. The highest BCUT2D eigenvalue weighted by Crippen LogP contribution is 2.29. The molecule has 56 heavy (non-hydrogen) atoms. The third-order valence-electron chi connectivity index (χ3n) is 10.1. The van der Waals surface area contributed by atoms with Crippen molar-refractivity contribution in [1.29, 1.82) is 0 Å². The van der Waals surface area contributed by atoms with Crippen LogP contribution >= 0.6 is 0 Å². The number of ether oxygens (including phenoxy) is 4. The molecule has 2 heterocycles. The van der Waals surface area contributed by atoms with E-state index in [9.17, 15) is 45.6 Å². The van der Waals surface area contributed by atoms with Crippen LogP contribution in [0.1, 0.15) is 117 Å². The van der Waals surface area contributed by atoms with Crippen LogP contribution in [0.2, 0.25) is 0 Å². The maximum absolute atomic E-state index is 13.0. The van der Waals surface area contributed by atoms with Gasteiger partial charge in [0.1, 0.15) is 48.8 Å². The molecule has 324 valence electrons. The SMILES string of the molecule is C/C=C/CC/C=C/CC/C=C/C(O)C(COC1OC(CO)C(OC2OC(CO)C(O)C(O)C2O)C(O)C1O)NC(=O)CCCCCCC/C=C\CCCCCC. The first kappa shape index (κ1) is 50.1. The van der Waals surface area contributed by atoms with Crippen LogP contribution in [0.25, 0.3) is 0 Å². The van der Waals surface area contributed by atoms with E-state index < -0.39 is 86.8 Å². The molecule has 0 saturated carbocycles. The second-order valence-corrected chi connectivity index (χ2v) is 14.8. The summed E-state index contributed by atoms with van der Waals surface area (Å²) in [5, 5.41) is 86.1. The number of nitrogens with one attached hydrogen (secondary N) is 1. The fraction of sp³-hybridized carbons (Fsp3) is 0.786. The summed E-state index contributed by atoms with van der Waals surface area (Å²) in [4.78, 5) is 13.0. The van der Waals surface area contributed by atoms with E-state index in [1.807, 2.05) is 19.1 Å². The van der Waals surface area contributed by atoms with Gasteiger partial charge in [-0.3, -0.25) is 4.79 Å². The molecule has 2 saturated heterocycles. The smallest absolute Gasteiger partial charge is 0.220 e. The van der Waals surface area contributed by atoms with Crippen LogP contribution in [0, 0.1) is 0 Å². The van der Waals surface area contributed by atoms with Gasteiger partial charge in [-0.05, 0) is 64.7 Å². The second-order valence-electron chi connectivity index (χ2n) is 14.8. The lowest BCUT2D eigenvalue weighted by Gasteiger charge is -2.46. The van der Waals surface area contributed by atoms with Crippen molar-refractivity contribution in [2.45, 2.75) is 190 Å². The van der Waals surface area contributed by atoms with E-state index in [4.69, 9.17) is 18.9 Å². The maximum Gasteiger partial charge on any atom is 0.220 e. The minimum atomic E-state index is -1.79. The Balaban J connectivity index is 1.94. The van der Waals surface area contributed by atoms with Crippen LogP contribution in [0.15, 0.2) is 48.6 Å². The molecule has 2 aliphatic rings. The lowest BCUT2D eigenvalue weighted by Crippen LogP contribution is -2.65. The first-order valence-corrected chi connectivity index (χ1v) is 20.8. The van der Waals surface area contributed by atoms with Crippen LogP contribution < -0.4 is 5.32 Å². The highest BCUT2D eigenvalue weighted by atomic mass is 16.7. The number of allylic oxidation sites excluding steroid dienone is 7. The molecule has 0 aromatic carbocycles. The molecule has 1 amide bonds. The Kier molecular flexibility index (Phi) is 26.9. The monoisotopic (exact) mass is 800 g/mol. The lowest BCUT2D eigenvalue weighted by molar-refractivity contribution is -0.359. The van der Waals surface area contributed by atoms with Crippen molar-refractivity contribution in [3.05, 3.63) is 48.6 Å². The van der Waals surface area contributed by atoms with Gasteiger partial charge in [0.05, 0.1) is 32.0 Å². The third-order valence-corrected chi connectivity index (χ3v) is 10.1. The number of hydrogen-bond acceptors (Lipinski definition) is 13. The normalized spacial score (nSPS) is 29.9. The molecule has 12 atom stereocenters. The summed E-state index contributed by atoms with van der Waals surface area (Å²) in [5.74, 6) is -0.271. The first-order valence-electron chi connectivity index (χ1n) is 20.8. The first-order chi connectivity index (χ1) is 27.1. The molecule has 2 rings (SSSR count). The second kappa shape index (κ2) is 30.1. The van der Waals surface area contributed by atoms with Crippen LogP contribution in [-0.2, 0) is 23.7 Å². The van der Waals surface area contributed by atoms with E-state index in [-0.39, 0.29) is 18.9 Å². The number of hydrogen-bond donors (Lipinski definition) is 9. The summed E-state index contributed by atoms with van der Waals surface area (Å²) in [6, 6.07) is -0.938. The average molecular weight is 800 g/mol. The zero-order valence-electron chi connectivity index (χ0n) is 33.6. The van der Waals surface area contributed by atoms with Crippen molar-refractivity contribution < 1.29 is 64.6 Å². The molecule has 0 bridgehead atoms. The summed E-state index contributed by atoms with van der Waals surface area (Å²) in [6.07, 6.45) is 14.8. The lowest BCUT2D eigenvalue weighted by atomic mass is 9.97. The van der Waals surface area contributed by atoms with Crippen molar-refractivity contribution in [1.82, 2.24) is 5.32 Å². The number of carbonyl (C=O) groups excluding carboxylic acids is 1. The van der Waals surface area contributed by atoms with Crippen molar-refractivity contribution in [2.24, 2.45) is 0 Å². The van der Waals surface area contributed by atoms with Crippen molar-refractivity contribution in [3.8, 4) is 0 Å².